The highest BCUT2D eigenvalue weighted by Gasteiger charge is 2.29. The van der Waals surface area contributed by atoms with E-state index in [0.717, 1.165) is 12.1 Å². The highest BCUT2D eigenvalue weighted by atomic mass is 35.5. The van der Waals surface area contributed by atoms with E-state index < -0.39 is 5.54 Å². The quantitative estimate of drug-likeness (QED) is 0.855. The van der Waals surface area contributed by atoms with Crippen molar-refractivity contribution >= 4 is 17.3 Å². The molecular weight excluding hydrogens is 220 g/mol. The molecule has 1 aromatic carbocycles. The van der Waals surface area contributed by atoms with Crippen LogP contribution in [0.15, 0.2) is 24.3 Å². The zero-order valence-electron chi connectivity index (χ0n) is 9.92. The molecule has 0 fully saturated rings. The van der Waals surface area contributed by atoms with Gasteiger partial charge in [0.2, 0.25) is 0 Å². The van der Waals surface area contributed by atoms with Gasteiger partial charge in [-0.3, -0.25) is 0 Å². The molecule has 1 N–H and O–H groups in total. The minimum absolute atomic E-state index is 0.285. The summed E-state index contributed by atoms with van der Waals surface area (Å²) >= 11 is 5.81. The lowest BCUT2D eigenvalue weighted by atomic mass is 9.86. The van der Waals surface area contributed by atoms with Crippen LogP contribution in [0.5, 0.6) is 0 Å². The van der Waals surface area contributed by atoms with E-state index >= 15 is 0 Å². The third kappa shape index (κ3) is 2.90. The number of halogens is 1. The standard InChI is InChI=1S/C13H17ClN2/c1-4-10(2)13(3,9-15)16-12-7-5-11(14)6-8-12/h5-8,10,16H,4H2,1-3H3. The Bertz CT molecular complexity index is 380. The number of hydrogen-bond acceptors (Lipinski definition) is 2. The van der Waals surface area contributed by atoms with Gasteiger partial charge in [0, 0.05) is 10.7 Å². The van der Waals surface area contributed by atoms with Gasteiger partial charge < -0.3 is 5.32 Å². The van der Waals surface area contributed by atoms with Gasteiger partial charge in [-0.25, -0.2) is 0 Å². The fraction of sp³-hybridized carbons (Fsp3) is 0.462. The van der Waals surface area contributed by atoms with Crippen molar-refractivity contribution in [3.8, 4) is 6.07 Å². The molecule has 0 saturated carbocycles. The van der Waals surface area contributed by atoms with Crippen molar-refractivity contribution in [2.75, 3.05) is 5.32 Å². The molecule has 2 unspecified atom stereocenters. The van der Waals surface area contributed by atoms with Crippen LogP contribution < -0.4 is 5.32 Å². The molecule has 0 aliphatic carbocycles. The summed E-state index contributed by atoms with van der Waals surface area (Å²) in [4.78, 5) is 0. The monoisotopic (exact) mass is 236 g/mol. The molecule has 3 heteroatoms. The van der Waals surface area contributed by atoms with Gasteiger partial charge in [0.15, 0.2) is 0 Å². The molecule has 16 heavy (non-hydrogen) atoms. The molecule has 2 nitrogen and oxygen atoms in total. The Morgan fingerprint density at radius 1 is 1.44 bits per heavy atom. The summed E-state index contributed by atoms with van der Waals surface area (Å²) in [6.45, 7) is 6.09. The Kier molecular flexibility index (Phi) is 4.20. The van der Waals surface area contributed by atoms with Gasteiger partial charge in [-0.15, -0.1) is 0 Å². The number of hydrogen-bond donors (Lipinski definition) is 1. The summed E-state index contributed by atoms with van der Waals surface area (Å²) in [5, 5.41) is 13.2. The van der Waals surface area contributed by atoms with E-state index in [1.165, 1.54) is 0 Å². The summed E-state index contributed by atoms with van der Waals surface area (Å²) < 4.78 is 0. The summed E-state index contributed by atoms with van der Waals surface area (Å²) in [7, 11) is 0. The molecule has 0 spiro atoms. The van der Waals surface area contributed by atoms with Crippen LogP contribution in [-0.4, -0.2) is 5.54 Å². The van der Waals surface area contributed by atoms with Gasteiger partial charge in [-0.05, 0) is 37.1 Å². The van der Waals surface area contributed by atoms with Gasteiger partial charge in [0.05, 0.1) is 6.07 Å². The first-order valence-corrected chi connectivity index (χ1v) is 5.84. The Labute approximate surface area is 102 Å². The predicted molar refractivity (Wildman–Crippen MR) is 68.5 cm³/mol. The van der Waals surface area contributed by atoms with E-state index in [2.05, 4.69) is 25.2 Å². The van der Waals surface area contributed by atoms with Crippen molar-refractivity contribution in [1.29, 1.82) is 5.26 Å². The highest BCUT2D eigenvalue weighted by molar-refractivity contribution is 6.30. The van der Waals surface area contributed by atoms with Crippen molar-refractivity contribution in [1.82, 2.24) is 0 Å². The highest BCUT2D eigenvalue weighted by Crippen LogP contribution is 2.25. The largest absolute Gasteiger partial charge is 0.367 e. The van der Waals surface area contributed by atoms with Crippen LogP contribution in [-0.2, 0) is 0 Å². The van der Waals surface area contributed by atoms with Crippen LogP contribution >= 0.6 is 11.6 Å². The second-order valence-corrected chi connectivity index (χ2v) is 4.69. The molecule has 86 valence electrons. The molecule has 2 atom stereocenters. The average molecular weight is 237 g/mol. The smallest absolute Gasteiger partial charge is 0.125 e. The number of anilines is 1. The van der Waals surface area contributed by atoms with Crippen molar-refractivity contribution < 1.29 is 0 Å². The SMILES string of the molecule is CCC(C)C(C)(C#N)Nc1ccc(Cl)cc1. The van der Waals surface area contributed by atoms with Gasteiger partial charge >= 0.3 is 0 Å². The lowest BCUT2D eigenvalue weighted by molar-refractivity contribution is 0.415. The van der Waals surface area contributed by atoms with Crippen LogP contribution in [0, 0.1) is 17.2 Å². The van der Waals surface area contributed by atoms with E-state index in [1.54, 1.807) is 0 Å². The lowest BCUT2D eigenvalue weighted by Crippen LogP contribution is -2.39. The first-order chi connectivity index (χ1) is 7.51. The minimum atomic E-state index is -0.539. The second-order valence-electron chi connectivity index (χ2n) is 4.26. The molecule has 0 amide bonds. The van der Waals surface area contributed by atoms with E-state index in [9.17, 15) is 5.26 Å². The number of benzene rings is 1. The Balaban J connectivity index is 2.86. The molecule has 1 rings (SSSR count). The van der Waals surface area contributed by atoms with E-state index in [-0.39, 0.29) is 5.92 Å². The average Bonchev–Trinajstić information content (AvgIpc) is 2.31. The molecule has 0 aliphatic heterocycles. The van der Waals surface area contributed by atoms with Gasteiger partial charge in [-0.2, -0.15) is 5.26 Å². The normalized spacial score (nSPS) is 15.9. The zero-order valence-corrected chi connectivity index (χ0v) is 10.7. The van der Waals surface area contributed by atoms with Crippen LogP contribution in [0.25, 0.3) is 0 Å². The van der Waals surface area contributed by atoms with Crippen LogP contribution in [0.1, 0.15) is 27.2 Å². The van der Waals surface area contributed by atoms with Crippen molar-refractivity contribution in [2.45, 2.75) is 32.7 Å². The Morgan fingerprint density at radius 3 is 2.44 bits per heavy atom. The maximum atomic E-state index is 9.26. The first-order valence-electron chi connectivity index (χ1n) is 5.47. The van der Waals surface area contributed by atoms with Gasteiger partial charge in [0.25, 0.3) is 0 Å². The number of nitriles is 1. The van der Waals surface area contributed by atoms with E-state index in [0.29, 0.717) is 5.02 Å². The molecule has 1 aromatic rings. The van der Waals surface area contributed by atoms with Crippen LogP contribution in [0.2, 0.25) is 5.02 Å². The predicted octanol–water partition coefficient (Wildman–Crippen LogP) is 4.08. The minimum Gasteiger partial charge on any atom is -0.367 e. The molecule has 0 aliphatic rings. The maximum Gasteiger partial charge on any atom is 0.125 e. The molecule has 0 aromatic heterocycles. The summed E-state index contributed by atoms with van der Waals surface area (Å²) in [5.41, 5.74) is 0.386. The second kappa shape index (κ2) is 5.23. The lowest BCUT2D eigenvalue weighted by Gasteiger charge is -2.30. The number of rotatable bonds is 4. The van der Waals surface area contributed by atoms with Crippen molar-refractivity contribution in [3.05, 3.63) is 29.3 Å². The summed E-state index contributed by atoms with van der Waals surface area (Å²) in [6.07, 6.45) is 0.963. The molecule has 0 heterocycles. The van der Waals surface area contributed by atoms with E-state index in [1.807, 2.05) is 31.2 Å². The van der Waals surface area contributed by atoms with Gasteiger partial charge in [0.1, 0.15) is 5.54 Å². The topological polar surface area (TPSA) is 35.8 Å². The molecule has 0 bridgehead atoms. The van der Waals surface area contributed by atoms with E-state index in [4.69, 9.17) is 11.6 Å². The van der Waals surface area contributed by atoms with Crippen LogP contribution in [0.3, 0.4) is 0 Å². The maximum absolute atomic E-state index is 9.26. The number of nitrogens with zero attached hydrogens (tertiary/aromatic N) is 1. The summed E-state index contributed by atoms with van der Waals surface area (Å²) in [5.74, 6) is 0.285. The van der Waals surface area contributed by atoms with Gasteiger partial charge in [-0.1, -0.05) is 31.9 Å². The van der Waals surface area contributed by atoms with Crippen molar-refractivity contribution in [2.24, 2.45) is 5.92 Å². The third-order valence-electron chi connectivity index (χ3n) is 3.08. The van der Waals surface area contributed by atoms with Crippen LogP contribution in [0.4, 0.5) is 5.69 Å². The zero-order chi connectivity index (χ0) is 12.2. The molecule has 0 saturated heterocycles. The first kappa shape index (κ1) is 12.9. The Hall–Kier alpha value is -1.20. The third-order valence-corrected chi connectivity index (χ3v) is 3.33. The Morgan fingerprint density at radius 2 is 2.00 bits per heavy atom. The fourth-order valence-corrected chi connectivity index (χ4v) is 1.63. The number of nitrogens with one attached hydrogen (secondary N) is 1. The van der Waals surface area contributed by atoms with Crippen molar-refractivity contribution in [3.63, 3.8) is 0 Å². The summed E-state index contributed by atoms with van der Waals surface area (Å²) in [6, 6.07) is 9.76. The fourth-order valence-electron chi connectivity index (χ4n) is 1.50. The molecular formula is C13H17ClN2. The molecule has 0 radical (unpaired) electrons.